The molecule has 5 aromatic carbocycles. The molecule has 1 heteroatoms. The fraction of sp³-hybridized carbons (Fsp3) is 0.0312. The first-order valence-corrected chi connectivity index (χ1v) is 11.3. The van der Waals surface area contributed by atoms with Gasteiger partial charge in [0.15, 0.2) is 6.29 Å². The first-order chi connectivity index (χ1) is 16.4. The van der Waals surface area contributed by atoms with Gasteiger partial charge in [-0.25, -0.2) is 0 Å². The van der Waals surface area contributed by atoms with Crippen LogP contribution in [0, 0.1) is 0 Å². The van der Waals surface area contributed by atoms with Gasteiger partial charge in [-0.1, -0.05) is 115 Å². The highest BCUT2D eigenvalue weighted by Gasteiger charge is 2.51. The molecule has 1 nitrogen and oxygen atoms in total. The summed E-state index contributed by atoms with van der Waals surface area (Å²) in [6, 6.07) is 40.9. The molecule has 7 rings (SSSR count). The largest absolute Gasteiger partial charge is 0.298 e. The summed E-state index contributed by atoms with van der Waals surface area (Å²) in [6.45, 7) is 0. The molecular formula is C32H20O. The Morgan fingerprint density at radius 1 is 0.424 bits per heavy atom. The topological polar surface area (TPSA) is 17.1 Å². The first kappa shape index (κ1) is 18.4. The monoisotopic (exact) mass is 420 g/mol. The first-order valence-electron chi connectivity index (χ1n) is 11.3. The minimum atomic E-state index is -0.356. The zero-order valence-corrected chi connectivity index (χ0v) is 18.0. The van der Waals surface area contributed by atoms with Gasteiger partial charge in [-0.2, -0.15) is 0 Å². The quantitative estimate of drug-likeness (QED) is 0.265. The molecular weight excluding hydrogens is 400 g/mol. The van der Waals surface area contributed by atoms with E-state index in [0.717, 1.165) is 23.0 Å². The van der Waals surface area contributed by atoms with Crippen molar-refractivity contribution < 1.29 is 4.79 Å². The number of fused-ring (bicyclic) bond motifs is 10. The predicted molar refractivity (Wildman–Crippen MR) is 134 cm³/mol. The van der Waals surface area contributed by atoms with Gasteiger partial charge < -0.3 is 0 Å². The predicted octanol–water partition coefficient (Wildman–Crippen LogP) is 7.51. The summed E-state index contributed by atoms with van der Waals surface area (Å²) < 4.78 is 0. The van der Waals surface area contributed by atoms with E-state index in [-0.39, 0.29) is 5.41 Å². The number of hydrogen-bond donors (Lipinski definition) is 0. The Kier molecular flexibility index (Phi) is 3.69. The summed E-state index contributed by atoms with van der Waals surface area (Å²) in [5, 5.41) is 0. The number of benzene rings is 5. The SMILES string of the molecule is O=Cc1ccccc1-c1cccc2c1-c1ccccc1C21c2ccccc2-c2ccccc21. The number of carbonyl (C=O) groups is 1. The van der Waals surface area contributed by atoms with Gasteiger partial charge in [0.1, 0.15) is 0 Å². The summed E-state index contributed by atoms with van der Waals surface area (Å²) in [5.41, 5.74) is 12.8. The van der Waals surface area contributed by atoms with Crippen LogP contribution in [-0.4, -0.2) is 6.29 Å². The normalized spacial score (nSPS) is 13.8. The van der Waals surface area contributed by atoms with E-state index in [1.54, 1.807) is 0 Å². The lowest BCUT2D eigenvalue weighted by molar-refractivity contribution is 0.112. The summed E-state index contributed by atoms with van der Waals surface area (Å²) in [7, 11) is 0. The fourth-order valence-corrected chi connectivity index (χ4v) is 6.21. The Morgan fingerprint density at radius 3 is 1.52 bits per heavy atom. The van der Waals surface area contributed by atoms with Crippen LogP contribution in [-0.2, 0) is 5.41 Å². The van der Waals surface area contributed by atoms with E-state index < -0.39 is 0 Å². The van der Waals surface area contributed by atoms with Crippen molar-refractivity contribution in [3.8, 4) is 33.4 Å². The van der Waals surface area contributed by atoms with Crippen LogP contribution in [0.15, 0.2) is 115 Å². The zero-order valence-electron chi connectivity index (χ0n) is 18.0. The highest BCUT2D eigenvalue weighted by Crippen LogP contribution is 2.63. The third kappa shape index (κ3) is 2.19. The maximum absolute atomic E-state index is 11.9. The van der Waals surface area contributed by atoms with Crippen molar-refractivity contribution in [2.45, 2.75) is 5.41 Å². The van der Waals surface area contributed by atoms with Crippen molar-refractivity contribution in [3.05, 3.63) is 143 Å². The summed E-state index contributed by atoms with van der Waals surface area (Å²) >= 11 is 0. The van der Waals surface area contributed by atoms with Crippen molar-refractivity contribution in [1.29, 1.82) is 0 Å². The molecule has 0 unspecified atom stereocenters. The smallest absolute Gasteiger partial charge is 0.150 e. The minimum absolute atomic E-state index is 0.356. The lowest BCUT2D eigenvalue weighted by Crippen LogP contribution is -2.25. The molecule has 0 atom stereocenters. The average molecular weight is 421 g/mol. The maximum atomic E-state index is 11.9. The maximum Gasteiger partial charge on any atom is 0.150 e. The Hall–Kier alpha value is -4.23. The average Bonchev–Trinajstić information content (AvgIpc) is 3.36. The van der Waals surface area contributed by atoms with Crippen LogP contribution in [0.5, 0.6) is 0 Å². The van der Waals surface area contributed by atoms with Gasteiger partial charge in [0.05, 0.1) is 5.41 Å². The fourth-order valence-electron chi connectivity index (χ4n) is 6.21. The van der Waals surface area contributed by atoms with Gasteiger partial charge in [-0.15, -0.1) is 0 Å². The molecule has 0 radical (unpaired) electrons. The van der Waals surface area contributed by atoms with Crippen molar-refractivity contribution >= 4 is 6.29 Å². The molecule has 2 aliphatic rings. The van der Waals surface area contributed by atoms with E-state index in [1.807, 2.05) is 18.2 Å². The molecule has 0 fully saturated rings. The molecule has 0 bridgehead atoms. The van der Waals surface area contributed by atoms with Crippen molar-refractivity contribution in [1.82, 2.24) is 0 Å². The van der Waals surface area contributed by atoms with Gasteiger partial charge in [-0.3, -0.25) is 4.79 Å². The third-order valence-electron chi connectivity index (χ3n) is 7.40. The van der Waals surface area contributed by atoms with E-state index in [0.29, 0.717) is 0 Å². The molecule has 5 aromatic rings. The number of aldehydes is 1. The van der Waals surface area contributed by atoms with Gasteiger partial charge in [0.25, 0.3) is 0 Å². The number of rotatable bonds is 2. The Bertz CT molecular complexity index is 1540. The van der Waals surface area contributed by atoms with Crippen molar-refractivity contribution in [3.63, 3.8) is 0 Å². The molecule has 0 aliphatic heterocycles. The van der Waals surface area contributed by atoms with E-state index in [2.05, 4.69) is 97.1 Å². The van der Waals surface area contributed by atoms with Gasteiger partial charge >= 0.3 is 0 Å². The molecule has 0 saturated carbocycles. The molecule has 2 aliphatic carbocycles. The van der Waals surface area contributed by atoms with Crippen LogP contribution >= 0.6 is 0 Å². The van der Waals surface area contributed by atoms with Crippen molar-refractivity contribution in [2.24, 2.45) is 0 Å². The van der Waals surface area contributed by atoms with Crippen LogP contribution in [0.3, 0.4) is 0 Å². The summed E-state index contributed by atoms with van der Waals surface area (Å²) in [5.74, 6) is 0. The van der Waals surface area contributed by atoms with E-state index in [1.165, 1.54) is 44.5 Å². The number of carbonyl (C=O) groups excluding carboxylic acids is 1. The van der Waals surface area contributed by atoms with Crippen molar-refractivity contribution in [2.75, 3.05) is 0 Å². The lowest BCUT2D eigenvalue weighted by Gasteiger charge is -2.30. The minimum Gasteiger partial charge on any atom is -0.298 e. The highest BCUT2D eigenvalue weighted by molar-refractivity contribution is 6.01. The van der Waals surface area contributed by atoms with Gasteiger partial charge in [0.2, 0.25) is 0 Å². The second kappa shape index (κ2) is 6.63. The molecule has 0 heterocycles. The van der Waals surface area contributed by atoms with Crippen LogP contribution in [0.25, 0.3) is 33.4 Å². The molecule has 33 heavy (non-hydrogen) atoms. The Labute approximate surface area is 193 Å². The van der Waals surface area contributed by atoms with Crippen LogP contribution < -0.4 is 0 Å². The van der Waals surface area contributed by atoms with E-state index in [9.17, 15) is 4.79 Å². The van der Waals surface area contributed by atoms with Gasteiger partial charge in [-0.05, 0) is 55.6 Å². The molecule has 0 saturated heterocycles. The Morgan fingerprint density at radius 2 is 0.879 bits per heavy atom. The second-order valence-corrected chi connectivity index (χ2v) is 8.82. The van der Waals surface area contributed by atoms with Crippen LogP contribution in [0.4, 0.5) is 0 Å². The standard InChI is InChI=1S/C32H20O/c33-20-21-10-1-2-11-22(21)25-15-9-19-30-31(25)26-14-5-8-18-29(26)32(30)27-16-6-3-12-23(27)24-13-4-7-17-28(24)32/h1-20H. The zero-order chi connectivity index (χ0) is 22.0. The third-order valence-corrected chi connectivity index (χ3v) is 7.40. The highest BCUT2D eigenvalue weighted by atomic mass is 16.1. The summed E-state index contributed by atoms with van der Waals surface area (Å²) in [4.78, 5) is 11.9. The van der Waals surface area contributed by atoms with E-state index >= 15 is 0 Å². The van der Waals surface area contributed by atoms with E-state index in [4.69, 9.17) is 0 Å². The molecule has 154 valence electrons. The molecule has 1 spiro atoms. The number of hydrogen-bond acceptors (Lipinski definition) is 1. The Balaban J connectivity index is 1.67. The summed E-state index contributed by atoms with van der Waals surface area (Å²) in [6.07, 6.45) is 0.964. The second-order valence-electron chi connectivity index (χ2n) is 8.82. The van der Waals surface area contributed by atoms with Crippen LogP contribution in [0.2, 0.25) is 0 Å². The van der Waals surface area contributed by atoms with Gasteiger partial charge in [0, 0.05) is 5.56 Å². The molecule has 0 aromatic heterocycles. The molecule has 0 N–H and O–H groups in total. The molecule has 0 amide bonds. The van der Waals surface area contributed by atoms with Crippen LogP contribution in [0.1, 0.15) is 32.6 Å². The lowest BCUT2D eigenvalue weighted by atomic mass is 9.70.